The van der Waals surface area contributed by atoms with Gasteiger partial charge in [-0.1, -0.05) is 20.8 Å². The van der Waals surface area contributed by atoms with Crippen molar-refractivity contribution in [3.63, 3.8) is 0 Å². The summed E-state index contributed by atoms with van der Waals surface area (Å²) in [4.78, 5) is 0. The molecule has 3 saturated carbocycles. The van der Waals surface area contributed by atoms with Crippen LogP contribution in [0.25, 0.3) is 0 Å². The van der Waals surface area contributed by atoms with Crippen LogP contribution in [-0.2, 0) is 0 Å². The Morgan fingerprint density at radius 1 is 1.12 bits per heavy atom. The Morgan fingerprint density at radius 2 is 1.76 bits per heavy atom. The maximum atomic E-state index is 10.6. The molecule has 3 rings (SSSR count). The van der Waals surface area contributed by atoms with Gasteiger partial charge < -0.3 is 10.2 Å². The third kappa shape index (κ3) is 1.24. The highest BCUT2D eigenvalue weighted by molar-refractivity contribution is 5.19. The molecule has 0 aromatic rings. The molecule has 6 atom stereocenters. The van der Waals surface area contributed by atoms with Gasteiger partial charge in [0.05, 0.1) is 11.7 Å². The molecule has 3 fully saturated rings. The summed E-state index contributed by atoms with van der Waals surface area (Å²) in [5, 5.41) is 21.1. The highest BCUT2D eigenvalue weighted by atomic mass is 16.3. The minimum atomic E-state index is -0.529. The van der Waals surface area contributed by atoms with E-state index in [-0.39, 0.29) is 11.5 Å². The molecule has 0 aromatic heterocycles. The van der Waals surface area contributed by atoms with Crippen molar-refractivity contribution in [3.05, 3.63) is 0 Å². The molecule has 0 radical (unpaired) electrons. The van der Waals surface area contributed by atoms with E-state index in [0.717, 1.165) is 25.7 Å². The Hall–Kier alpha value is -0.0800. The largest absolute Gasteiger partial charge is 0.393 e. The summed E-state index contributed by atoms with van der Waals surface area (Å²) in [5.74, 6) is 1.36. The first kappa shape index (κ1) is 12.0. The van der Waals surface area contributed by atoms with E-state index in [1.165, 1.54) is 0 Å². The van der Waals surface area contributed by atoms with Crippen molar-refractivity contribution in [2.75, 3.05) is 0 Å². The third-order valence-electron chi connectivity index (χ3n) is 6.71. The zero-order valence-electron chi connectivity index (χ0n) is 11.5. The van der Waals surface area contributed by atoms with Gasteiger partial charge in [0, 0.05) is 0 Å². The first-order valence-electron chi connectivity index (χ1n) is 7.12. The van der Waals surface area contributed by atoms with E-state index in [0.29, 0.717) is 23.2 Å². The minimum Gasteiger partial charge on any atom is -0.393 e. The highest BCUT2D eigenvalue weighted by Crippen LogP contribution is 2.73. The Morgan fingerprint density at radius 3 is 2.41 bits per heavy atom. The smallest absolute Gasteiger partial charge is 0.0653 e. The lowest BCUT2D eigenvalue weighted by Gasteiger charge is -2.44. The molecule has 2 heteroatoms. The molecule has 3 aliphatic rings. The number of fused-ring (bicyclic) bond motifs is 1. The van der Waals surface area contributed by atoms with Crippen LogP contribution in [0.4, 0.5) is 0 Å². The molecule has 0 saturated heterocycles. The van der Waals surface area contributed by atoms with Crippen molar-refractivity contribution in [3.8, 4) is 0 Å². The summed E-state index contributed by atoms with van der Waals surface area (Å²) >= 11 is 0. The fourth-order valence-corrected chi connectivity index (χ4v) is 6.03. The topological polar surface area (TPSA) is 40.5 Å². The van der Waals surface area contributed by atoms with Crippen LogP contribution in [0.1, 0.15) is 53.4 Å². The molecule has 17 heavy (non-hydrogen) atoms. The van der Waals surface area contributed by atoms with Gasteiger partial charge in [-0.2, -0.15) is 0 Å². The lowest BCUT2D eigenvalue weighted by molar-refractivity contribution is -0.0746. The summed E-state index contributed by atoms with van der Waals surface area (Å²) < 4.78 is 0. The van der Waals surface area contributed by atoms with Crippen LogP contribution >= 0.6 is 0 Å². The predicted molar refractivity (Wildman–Crippen MR) is 67.5 cm³/mol. The number of aliphatic hydroxyl groups is 2. The van der Waals surface area contributed by atoms with Crippen molar-refractivity contribution in [1.82, 2.24) is 0 Å². The van der Waals surface area contributed by atoms with Gasteiger partial charge in [-0.3, -0.25) is 0 Å². The van der Waals surface area contributed by atoms with Gasteiger partial charge in [0.2, 0.25) is 0 Å². The third-order valence-corrected chi connectivity index (χ3v) is 6.71. The molecule has 0 heterocycles. The maximum Gasteiger partial charge on any atom is 0.0653 e. The molecule has 1 spiro atoms. The Balaban J connectivity index is 2.09. The first-order valence-corrected chi connectivity index (χ1v) is 7.12. The van der Waals surface area contributed by atoms with E-state index in [1.807, 2.05) is 6.92 Å². The molecule has 1 unspecified atom stereocenters. The SMILES string of the molecule is C[C@@H]1CC(O)[C@H]2C(C)(C)[C@H]3C[C@@]12CC[C@@]3(C)O. The zero-order chi connectivity index (χ0) is 12.6. The molecule has 2 bridgehead atoms. The monoisotopic (exact) mass is 238 g/mol. The van der Waals surface area contributed by atoms with E-state index >= 15 is 0 Å². The van der Waals surface area contributed by atoms with Crippen molar-refractivity contribution >= 4 is 0 Å². The summed E-state index contributed by atoms with van der Waals surface area (Å²) in [6, 6.07) is 0. The quantitative estimate of drug-likeness (QED) is 0.681. The number of rotatable bonds is 0. The van der Waals surface area contributed by atoms with Gasteiger partial charge in [0.25, 0.3) is 0 Å². The van der Waals surface area contributed by atoms with Gasteiger partial charge in [0.15, 0.2) is 0 Å². The van der Waals surface area contributed by atoms with Gasteiger partial charge in [-0.25, -0.2) is 0 Å². The summed E-state index contributed by atoms with van der Waals surface area (Å²) in [7, 11) is 0. The van der Waals surface area contributed by atoms with Crippen molar-refractivity contribution in [2.45, 2.75) is 65.1 Å². The van der Waals surface area contributed by atoms with Gasteiger partial charge in [0.1, 0.15) is 0 Å². The Bertz CT molecular complexity index is 347. The molecule has 0 amide bonds. The Labute approximate surface area is 104 Å². The highest BCUT2D eigenvalue weighted by Gasteiger charge is 2.70. The molecule has 2 nitrogen and oxygen atoms in total. The summed E-state index contributed by atoms with van der Waals surface area (Å²) in [5.41, 5.74) is -0.140. The minimum absolute atomic E-state index is 0.0736. The summed E-state index contributed by atoms with van der Waals surface area (Å²) in [6.07, 6.45) is 3.94. The van der Waals surface area contributed by atoms with Crippen LogP contribution in [0.2, 0.25) is 0 Å². The fraction of sp³-hybridized carbons (Fsp3) is 1.00. The van der Waals surface area contributed by atoms with E-state index in [4.69, 9.17) is 0 Å². The van der Waals surface area contributed by atoms with Crippen LogP contribution in [0.15, 0.2) is 0 Å². The van der Waals surface area contributed by atoms with Crippen molar-refractivity contribution < 1.29 is 10.2 Å². The molecule has 98 valence electrons. The van der Waals surface area contributed by atoms with E-state index in [9.17, 15) is 10.2 Å². The molecule has 0 aliphatic heterocycles. The average Bonchev–Trinajstić information content (AvgIpc) is 2.55. The number of hydrogen-bond acceptors (Lipinski definition) is 2. The standard InChI is InChI=1S/C15H26O2/c1-9-7-10(16)12-13(2,3)11-8-15(9,12)6-5-14(11,4)17/h9-12,16-17H,5-8H2,1-4H3/t9-,10?,11-,12+,14-,15+/m1/s1. The van der Waals surface area contributed by atoms with Crippen LogP contribution < -0.4 is 0 Å². The molecule has 0 aromatic carbocycles. The zero-order valence-corrected chi connectivity index (χ0v) is 11.5. The first-order chi connectivity index (χ1) is 7.72. The van der Waals surface area contributed by atoms with Gasteiger partial charge >= 0.3 is 0 Å². The van der Waals surface area contributed by atoms with Crippen molar-refractivity contribution in [2.24, 2.45) is 28.6 Å². The lowest BCUT2D eigenvalue weighted by atomic mass is 9.64. The Kier molecular flexibility index (Phi) is 2.17. The normalized spacial score (nSPS) is 60.4. The van der Waals surface area contributed by atoms with Crippen molar-refractivity contribution in [1.29, 1.82) is 0 Å². The second-order valence-corrected chi connectivity index (χ2v) is 7.85. The fourth-order valence-electron chi connectivity index (χ4n) is 6.03. The molecular formula is C15H26O2. The maximum absolute atomic E-state index is 10.6. The molecular weight excluding hydrogens is 212 g/mol. The van der Waals surface area contributed by atoms with Crippen LogP contribution in [0.3, 0.4) is 0 Å². The predicted octanol–water partition coefficient (Wildman–Crippen LogP) is 2.58. The van der Waals surface area contributed by atoms with Gasteiger partial charge in [-0.05, 0) is 61.2 Å². The van der Waals surface area contributed by atoms with Crippen LogP contribution in [0.5, 0.6) is 0 Å². The van der Waals surface area contributed by atoms with E-state index < -0.39 is 5.60 Å². The van der Waals surface area contributed by atoms with Crippen LogP contribution in [0, 0.1) is 28.6 Å². The van der Waals surface area contributed by atoms with E-state index in [2.05, 4.69) is 20.8 Å². The van der Waals surface area contributed by atoms with E-state index in [1.54, 1.807) is 0 Å². The second-order valence-electron chi connectivity index (χ2n) is 7.85. The van der Waals surface area contributed by atoms with Gasteiger partial charge in [-0.15, -0.1) is 0 Å². The number of aliphatic hydroxyl groups excluding tert-OH is 1. The molecule has 3 aliphatic carbocycles. The second kappa shape index (κ2) is 3.08. The lowest BCUT2D eigenvalue weighted by Crippen LogP contribution is -2.44. The van der Waals surface area contributed by atoms with Crippen LogP contribution in [-0.4, -0.2) is 21.9 Å². The number of hydrogen-bond donors (Lipinski definition) is 2. The average molecular weight is 238 g/mol. The summed E-state index contributed by atoms with van der Waals surface area (Å²) in [6.45, 7) is 8.85. The molecule has 2 N–H and O–H groups in total.